The lowest BCUT2D eigenvalue weighted by Crippen LogP contribution is -1.86. The first-order valence-electron chi connectivity index (χ1n) is 6.41. The highest BCUT2D eigenvalue weighted by molar-refractivity contribution is 9.10. The van der Waals surface area contributed by atoms with E-state index in [1.165, 1.54) is 0 Å². The van der Waals surface area contributed by atoms with Crippen LogP contribution in [0.3, 0.4) is 0 Å². The molecule has 0 saturated carbocycles. The fourth-order valence-corrected chi connectivity index (χ4v) is 2.33. The minimum Gasteiger partial charge on any atom is -0.256 e. The van der Waals surface area contributed by atoms with Gasteiger partial charge in [0.2, 0.25) is 0 Å². The maximum atomic E-state index is 4.39. The van der Waals surface area contributed by atoms with Gasteiger partial charge in [-0.1, -0.05) is 52.9 Å². The number of hydrogen-bond donors (Lipinski definition) is 0. The van der Waals surface area contributed by atoms with Gasteiger partial charge in [0, 0.05) is 16.2 Å². The van der Waals surface area contributed by atoms with Gasteiger partial charge in [-0.05, 0) is 48.4 Å². The Balaban J connectivity index is 2.37. The van der Waals surface area contributed by atoms with Crippen molar-refractivity contribution in [3.63, 3.8) is 0 Å². The summed E-state index contributed by atoms with van der Waals surface area (Å²) in [5.74, 6) is 0. The third-order valence-electron chi connectivity index (χ3n) is 2.83. The molecule has 0 atom stereocenters. The van der Waals surface area contributed by atoms with Crippen LogP contribution in [0.15, 0.2) is 78.0 Å². The minimum atomic E-state index is 0.959. The van der Waals surface area contributed by atoms with E-state index in [1.807, 2.05) is 49.4 Å². The number of hydrogen-bond acceptors (Lipinski definition) is 1. The molecule has 0 unspecified atom stereocenters. The van der Waals surface area contributed by atoms with Gasteiger partial charge in [0.05, 0.1) is 5.69 Å². The average Bonchev–Trinajstić information content (AvgIpc) is 2.47. The third-order valence-corrected chi connectivity index (χ3v) is 3.29. The summed E-state index contributed by atoms with van der Waals surface area (Å²) in [6, 6.07) is 12.1. The summed E-state index contributed by atoms with van der Waals surface area (Å²) in [5.41, 5.74) is 4.10. The maximum absolute atomic E-state index is 4.39. The Labute approximate surface area is 128 Å². The van der Waals surface area contributed by atoms with Crippen molar-refractivity contribution in [2.24, 2.45) is 0 Å². The molecule has 1 aromatic carbocycles. The third kappa shape index (κ3) is 3.78. The summed E-state index contributed by atoms with van der Waals surface area (Å²) in [5, 5.41) is 0. The van der Waals surface area contributed by atoms with Crippen molar-refractivity contribution in [1.29, 1.82) is 0 Å². The zero-order valence-corrected chi connectivity index (χ0v) is 13.0. The quantitative estimate of drug-likeness (QED) is 0.661. The molecule has 0 fully saturated rings. The van der Waals surface area contributed by atoms with Crippen molar-refractivity contribution in [2.75, 3.05) is 0 Å². The molecule has 0 bridgehead atoms. The molecule has 100 valence electrons. The second kappa shape index (κ2) is 7.01. The predicted octanol–water partition coefficient (Wildman–Crippen LogP) is 5.66. The summed E-state index contributed by atoms with van der Waals surface area (Å²) in [6.07, 6.45) is 9.77. The highest BCUT2D eigenvalue weighted by Crippen LogP contribution is 2.27. The molecule has 0 N–H and O–H groups in total. The lowest BCUT2D eigenvalue weighted by atomic mass is 10.0. The van der Waals surface area contributed by atoms with Crippen molar-refractivity contribution in [3.05, 3.63) is 83.5 Å². The largest absolute Gasteiger partial charge is 0.256 e. The first kappa shape index (κ1) is 14.5. The number of benzene rings is 1. The number of aromatic nitrogens is 1. The Morgan fingerprint density at radius 1 is 1.20 bits per heavy atom. The van der Waals surface area contributed by atoms with E-state index in [4.69, 9.17) is 0 Å². The molecular formula is C18H16BrN. The molecule has 0 aliphatic heterocycles. The number of rotatable bonds is 4. The van der Waals surface area contributed by atoms with Gasteiger partial charge in [0.15, 0.2) is 0 Å². The van der Waals surface area contributed by atoms with Crippen LogP contribution in [0.4, 0.5) is 0 Å². The number of pyridine rings is 1. The van der Waals surface area contributed by atoms with Crippen LogP contribution in [0, 0.1) is 0 Å². The monoisotopic (exact) mass is 325 g/mol. The highest BCUT2D eigenvalue weighted by Gasteiger charge is 2.04. The second-order valence-electron chi connectivity index (χ2n) is 4.35. The first-order chi connectivity index (χ1) is 9.70. The van der Waals surface area contributed by atoms with E-state index < -0.39 is 0 Å². The summed E-state index contributed by atoms with van der Waals surface area (Å²) < 4.78 is 1.02. The van der Waals surface area contributed by atoms with Crippen LogP contribution in [-0.2, 0) is 0 Å². The topological polar surface area (TPSA) is 12.9 Å². The van der Waals surface area contributed by atoms with Gasteiger partial charge in [0.1, 0.15) is 0 Å². The zero-order chi connectivity index (χ0) is 14.4. The molecular weight excluding hydrogens is 310 g/mol. The van der Waals surface area contributed by atoms with Crippen molar-refractivity contribution in [3.8, 4) is 11.3 Å². The van der Waals surface area contributed by atoms with E-state index in [9.17, 15) is 0 Å². The Morgan fingerprint density at radius 2 is 2.05 bits per heavy atom. The molecule has 0 saturated heterocycles. The van der Waals surface area contributed by atoms with Gasteiger partial charge in [-0.2, -0.15) is 0 Å². The summed E-state index contributed by atoms with van der Waals surface area (Å²) in [6.45, 7) is 6.10. The van der Waals surface area contributed by atoms with E-state index >= 15 is 0 Å². The van der Waals surface area contributed by atoms with Gasteiger partial charge in [-0.25, -0.2) is 0 Å². The average molecular weight is 326 g/mol. The second-order valence-corrected chi connectivity index (χ2v) is 5.27. The van der Waals surface area contributed by atoms with E-state index in [0.29, 0.717) is 0 Å². The Bertz CT molecular complexity index is 654. The van der Waals surface area contributed by atoms with Gasteiger partial charge >= 0.3 is 0 Å². The fourth-order valence-electron chi connectivity index (χ4n) is 1.84. The molecule has 1 heterocycles. The molecule has 0 aliphatic carbocycles. The molecule has 0 aliphatic rings. The summed E-state index contributed by atoms with van der Waals surface area (Å²) in [4.78, 5) is 4.39. The Kier molecular flexibility index (Phi) is 5.08. The van der Waals surface area contributed by atoms with E-state index in [0.717, 1.165) is 26.9 Å². The minimum absolute atomic E-state index is 0.959. The predicted molar refractivity (Wildman–Crippen MR) is 90.4 cm³/mol. The molecule has 2 aromatic rings. The van der Waals surface area contributed by atoms with Crippen molar-refractivity contribution in [2.45, 2.75) is 6.92 Å². The number of nitrogens with zero attached hydrogens (tertiary/aromatic N) is 1. The lowest BCUT2D eigenvalue weighted by molar-refractivity contribution is 1.32. The number of halogens is 1. The van der Waals surface area contributed by atoms with E-state index in [2.05, 4.69) is 45.7 Å². The zero-order valence-electron chi connectivity index (χ0n) is 11.4. The SMILES string of the molecule is C=C(/C=C\C=C/C)c1cc(Br)cc(-c2ccccn2)c1. The summed E-state index contributed by atoms with van der Waals surface area (Å²) in [7, 11) is 0. The van der Waals surface area contributed by atoms with Crippen molar-refractivity contribution in [1.82, 2.24) is 4.98 Å². The Hall–Kier alpha value is -1.93. The van der Waals surface area contributed by atoms with Crippen LogP contribution < -0.4 is 0 Å². The van der Waals surface area contributed by atoms with E-state index in [-0.39, 0.29) is 0 Å². The number of allylic oxidation sites excluding steroid dienone is 5. The Morgan fingerprint density at radius 3 is 2.75 bits per heavy atom. The van der Waals surface area contributed by atoms with Crippen LogP contribution in [0.25, 0.3) is 16.8 Å². The van der Waals surface area contributed by atoms with Gasteiger partial charge in [0.25, 0.3) is 0 Å². The molecule has 0 amide bonds. The standard InChI is InChI=1S/C18H16BrN/c1-3-4-5-8-14(2)15-11-16(13-17(19)12-15)18-9-6-7-10-20-18/h3-13H,2H2,1H3/b4-3-,8-5-. The molecule has 2 rings (SSSR count). The van der Waals surface area contributed by atoms with Crippen LogP contribution in [0.1, 0.15) is 12.5 Å². The van der Waals surface area contributed by atoms with Crippen LogP contribution in [-0.4, -0.2) is 4.98 Å². The fraction of sp³-hybridized carbons (Fsp3) is 0.0556. The van der Waals surface area contributed by atoms with Gasteiger partial charge in [-0.15, -0.1) is 0 Å². The van der Waals surface area contributed by atoms with Gasteiger partial charge in [-0.3, -0.25) is 4.98 Å². The molecule has 1 aromatic heterocycles. The smallest absolute Gasteiger partial charge is 0.0702 e. The van der Waals surface area contributed by atoms with Crippen molar-refractivity contribution < 1.29 is 0 Å². The molecule has 0 spiro atoms. The normalized spacial score (nSPS) is 11.3. The van der Waals surface area contributed by atoms with Crippen LogP contribution >= 0.6 is 15.9 Å². The van der Waals surface area contributed by atoms with Crippen LogP contribution in [0.5, 0.6) is 0 Å². The van der Waals surface area contributed by atoms with Crippen LogP contribution in [0.2, 0.25) is 0 Å². The summed E-state index contributed by atoms with van der Waals surface area (Å²) >= 11 is 3.55. The molecule has 20 heavy (non-hydrogen) atoms. The molecule has 0 radical (unpaired) electrons. The molecule has 1 nitrogen and oxygen atoms in total. The maximum Gasteiger partial charge on any atom is 0.0702 e. The van der Waals surface area contributed by atoms with E-state index in [1.54, 1.807) is 6.20 Å². The van der Waals surface area contributed by atoms with Gasteiger partial charge < -0.3 is 0 Å². The first-order valence-corrected chi connectivity index (χ1v) is 7.20. The van der Waals surface area contributed by atoms with Crippen molar-refractivity contribution >= 4 is 21.5 Å². The lowest BCUT2D eigenvalue weighted by Gasteiger charge is -2.06. The highest BCUT2D eigenvalue weighted by atomic mass is 79.9. The molecule has 2 heteroatoms.